The van der Waals surface area contributed by atoms with E-state index in [1.807, 2.05) is 0 Å². The van der Waals surface area contributed by atoms with Gasteiger partial charge < -0.3 is 5.32 Å². The fraction of sp³-hybridized carbons (Fsp3) is 0.182. The number of fused-ring (bicyclic) bond motifs is 1. The molecule has 0 saturated carbocycles. The van der Waals surface area contributed by atoms with E-state index in [9.17, 15) is 18.0 Å². The van der Waals surface area contributed by atoms with Gasteiger partial charge in [-0.25, -0.2) is 18.5 Å². The fourth-order valence-electron chi connectivity index (χ4n) is 1.46. The first-order chi connectivity index (χ1) is 9.75. The molecule has 21 heavy (non-hydrogen) atoms. The van der Waals surface area contributed by atoms with E-state index >= 15 is 0 Å². The molecule has 0 saturated heterocycles. The lowest BCUT2D eigenvalue weighted by molar-refractivity contribution is -0.114. The van der Waals surface area contributed by atoms with Gasteiger partial charge in [0.1, 0.15) is 0 Å². The Balaban J connectivity index is 2.19. The SMILES string of the molecule is CC(=O)SCC(=O)Nc1nc2ccc(S(N)(=O)=O)cc2s1. The van der Waals surface area contributed by atoms with Crippen LogP contribution in [0.2, 0.25) is 0 Å². The first-order valence-electron chi connectivity index (χ1n) is 5.62. The summed E-state index contributed by atoms with van der Waals surface area (Å²) in [5, 5.41) is 7.81. The maximum atomic E-state index is 11.6. The van der Waals surface area contributed by atoms with Gasteiger partial charge in [-0.15, -0.1) is 0 Å². The summed E-state index contributed by atoms with van der Waals surface area (Å²) < 4.78 is 23.1. The molecule has 7 nitrogen and oxygen atoms in total. The number of nitrogens with zero attached hydrogens (tertiary/aromatic N) is 1. The second-order valence-electron chi connectivity index (χ2n) is 4.02. The first-order valence-corrected chi connectivity index (χ1v) is 8.97. The van der Waals surface area contributed by atoms with E-state index in [4.69, 9.17) is 5.14 Å². The molecule has 2 rings (SSSR count). The van der Waals surface area contributed by atoms with Crippen molar-refractivity contribution in [2.75, 3.05) is 11.1 Å². The number of amides is 1. The topological polar surface area (TPSA) is 119 Å². The molecule has 10 heteroatoms. The van der Waals surface area contributed by atoms with Crippen molar-refractivity contribution in [2.24, 2.45) is 5.14 Å². The number of aromatic nitrogens is 1. The Morgan fingerprint density at radius 1 is 1.43 bits per heavy atom. The normalized spacial score (nSPS) is 11.5. The average molecular weight is 345 g/mol. The highest BCUT2D eigenvalue weighted by Crippen LogP contribution is 2.27. The molecule has 0 unspecified atom stereocenters. The van der Waals surface area contributed by atoms with Gasteiger partial charge in [0.05, 0.1) is 20.9 Å². The highest BCUT2D eigenvalue weighted by molar-refractivity contribution is 8.14. The van der Waals surface area contributed by atoms with E-state index < -0.39 is 10.0 Å². The van der Waals surface area contributed by atoms with Crippen LogP contribution in [0, 0.1) is 0 Å². The minimum atomic E-state index is -3.78. The van der Waals surface area contributed by atoms with Crippen LogP contribution in [-0.2, 0) is 19.6 Å². The number of hydrogen-bond donors (Lipinski definition) is 2. The molecular formula is C11H11N3O4S3. The van der Waals surface area contributed by atoms with E-state index in [-0.39, 0.29) is 21.7 Å². The smallest absolute Gasteiger partial charge is 0.238 e. The molecule has 0 radical (unpaired) electrons. The molecule has 0 bridgehead atoms. The largest absolute Gasteiger partial charge is 0.301 e. The lowest BCUT2D eigenvalue weighted by atomic mass is 10.3. The Bertz CT molecular complexity index is 813. The summed E-state index contributed by atoms with van der Waals surface area (Å²) >= 11 is 2.03. The quantitative estimate of drug-likeness (QED) is 0.858. The van der Waals surface area contributed by atoms with Crippen molar-refractivity contribution in [1.82, 2.24) is 4.98 Å². The van der Waals surface area contributed by atoms with Crippen LogP contribution in [-0.4, -0.2) is 30.2 Å². The van der Waals surface area contributed by atoms with Crippen molar-refractivity contribution in [1.29, 1.82) is 0 Å². The van der Waals surface area contributed by atoms with E-state index in [1.165, 1.54) is 25.1 Å². The minimum Gasteiger partial charge on any atom is -0.301 e. The summed E-state index contributed by atoms with van der Waals surface area (Å²) in [7, 11) is -3.78. The monoisotopic (exact) mass is 345 g/mol. The van der Waals surface area contributed by atoms with Crippen molar-refractivity contribution in [3.8, 4) is 0 Å². The number of rotatable bonds is 4. The van der Waals surface area contributed by atoms with Crippen molar-refractivity contribution < 1.29 is 18.0 Å². The molecule has 1 aromatic carbocycles. The van der Waals surface area contributed by atoms with Crippen LogP contribution in [0.1, 0.15) is 6.92 Å². The van der Waals surface area contributed by atoms with Gasteiger partial charge in [-0.2, -0.15) is 0 Å². The standard InChI is InChI=1S/C11H11N3O4S3/c1-6(15)19-5-10(16)14-11-13-8-3-2-7(21(12,17)18)4-9(8)20-11/h2-4H,5H2,1H3,(H2,12,17,18)(H,13,14,16). The van der Waals surface area contributed by atoms with E-state index in [0.29, 0.717) is 15.3 Å². The van der Waals surface area contributed by atoms with E-state index in [1.54, 1.807) is 0 Å². The number of carbonyl (C=O) groups is 2. The van der Waals surface area contributed by atoms with Crippen molar-refractivity contribution in [3.05, 3.63) is 18.2 Å². The highest BCUT2D eigenvalue weighted by Gasteiger charge is 2.12. The molecule has 0 aliphatic carbocycles. The molecule has 0 aliphatic heterocycles. The number of hydrogen-bond acceptors (Lipinski definition) is 7. The van der Waals surface area contributed by atoms with Crippen LogP contribution in [0.3, 0.4) is 0 Å². The summed E-state index contributed by atoms with van der Waals surface area (Å²) in [6.45, 7) is 1.38. The number of thioether (sulfide) groups is 1. The van der Waals surface area contributed by atoms with Gasteiger partial charge in [0.25, 0.3) is 0 Å². The summed E-state index contributed by atoms with van der Waals surface area (Å²) in [6, 6.07) is 4.28. The van der Waals surface area contributed by atoms with E-state index in [2.05, 4.69) is 10.3 Å². The highest BCUT2D eigenvalue weighted by atomic mass is 32.2. The van der Waals surface area contributed by atoms with Gasteiger partial charge in [0, 0.05) is 6.92 Å². The molecule has 1 amide bonds. The molecular weight excluding hydrogens is 334 g/mol. The number of carbonyl (C=O) groups excluding carboxylic acids is 2. The zero-order chi connectivity index (χ0) is 15.6. The second kappa shape index (κ2) is 6.10. The lowest BCUT2D eigenvalue weighted by Gasteiger charge is -1.98. The Hall–Kier alpha value is -1.49. The van der Waals surface area contributed by atoms with Gasteiger partial charge in [-0.1, -0.05) is 23.1 Å². The zero-order valence-corrected chi connectivity index (χ0v) is 13.3. The number of nitrogens with one attached hydrogen (secondary N) is 1. The van der Waals surface area contributed by atoms with Crippen LogP contribution < -0.4 is 10.5 Å². The van der Waals surface area contributed by atoms with Crippen molar-refractivity contribution in [3.63, 3.8) is 0 Å². The third-order valence-corrected chi connectivity index (χ3v) is 5.00. The Labute approximate surface area is 129 Å². The van der Waals surface area contributed by atoms with Crippen LogP contribution in [0.5, 0.6) is 0 Å². The van der Waals surface area contributed by atoms with Crippen LogP contribution in [0.25, 0.3) is 10.2 Å². The molecule has 0 atom stereocenters. The first kappa shape index (κ1) is 15.9. The van der Waals surface area contributed by atoms with E-state index in [0.717, 1.165) is 23.1 Å². The molecule has 112 valence electrons. The summed E-state index contributed by atoms with van der Waals surface area (Å²) in [5.41, 5.74) is 0.557. The Morgan fingerprint density at radius 2 is 2.14 bits per heavy atom. The zero-order valence-electron chi connectivity index (χ0n) is 10.8. The van der Waals surface area contributed by atoms with Crippen molar-refractivity contribution >= 4 is 59.5 Å². The number of sulfonamides is 1. The fourth-order valence-corrected chi connectivity index (χ4v) is 3.40. The van der Waals surface area contributed by atoms with Gasteiger partial charge in [0.2, 0.25) is 15.9 Å². The van der Waals surface area contributed by atoms with Crippen LogP contribution in [0.4, 0.5) is 5.13 Å². The average Bonchev–Trinajstić information content (AvgIpc) is 2.76. The molecule has 0 spiro atoms. The van der Waals surface area contributed by atoms with Gasteiger partial charge >= 0.3 is 0 Å². The number of nitrogens with two attached hydrogens (primary N) is 1. The third-order valence-electron chi connectivity index (χ3n) is 2.34. The molecule has 1 heterocycles. The molecule has 1 aromatic heterocycles. The van der Waals surface area contributed by atoms with Gasteiger partial charge in [-0.3, -0.25) is 9.59 Å². The summed E-state index contributed by atoms with van der Waals surface area (Å²) in [4.78, 5) is 26.5. The van der Waals surface area contributed by atoms with Gasteiger partial charge in [-0.05, 0) is 18.2 Å². The number of thiazole rings is 1. The predicted octanol–water partition coefficient (Wildman–Crippen LogP) is 1.16. The molecule has 2 aromatic rings. The lowest BCUT2D eigenvalue weighted by Crippen LogP contribution is -2.14. The predicted molar refractivity (Wildman–Crippen MR) is 82.8 cm³/mol. The summed E-state index contributed by atoms with van der Waals surface area (Å²) in [6.07, 6.45) is 0. The number of anilines is 1. The maximum absolute atomic E-state index is 11.6. The molecule has 3 N–H and O–H groups in total. The Kier molecular flexibility index (Phi) is 4.61. The second-order valence-corrected chi connectivity index (χ2v) is 7.77. The summed E-state index contributed by atoms with van der Waals surface area (Å²) in [5.74, 6) is -0.339. The number of primary sulfonamides is 1. The number of benzene rings is 1. The van der Waals surface area contributed by atoms with Crippen molar-refractivity contribution in [2.45, 2.75) is 11.8 Å². The van der Waals surface area contributed by atoms with Gasteiger partial charge in [0.15, 0.2) is 10.2 Å². The maximum Gasteiger partial charge on any atom is 0.238 e. The Morgan fingerprint density at radius 3 is 2.76 bits per heavy atom. The minimum absolute atomic E-state index is 0.00763. The van der Waals surface area contributed by atoms with Crippen LogP contribution in [0.15, 0.2) is 23.1 Å². The molecule has 0 aliphatic rings. The van der Waals surface area contributed by atoms with Crippen LogP contribution >= 0.6 is 23.1 Å². The third kappa shape index (κ3) is 4.24. The molecule has 0 fully saturated rings.